The number of benzene rings is 1. The molecule has 0 fully saturated rings. The number of ether oxygens (including phenoxy) is 1. The summed E-state index contributed by atoms with van der Waals surface area (Å²) in [5, 5.41) is 3.44. The van der Waals surface area contributed by atoms with E-state index in [2.05, 4.69) is 62.3 Å². The minimum absolute atomic E-state index is 0.693. The zero-order valence-electron chi connectivity index (χ0n) is 12.8. The van der Waals surface area contributed by atoms with E-state index in [4.69, 9.17) is 4.74 Å². The van der Waals surface area contributed by atoms with E-state index in [1.165, 1.54) is 5.56 Å². The van der Waals surface area contributed by atoms with Gasteiger partial charge < -0.3 is 15.0 Å². The van der Waals surface area contributed by atoms with Crippen molar-refractivity contribution >= 4 is 0 Å². The Labute approximate surface area is 118 Å². The van der Waals surface area contributed by atoms with E-state index in [0.717, 1.165) is 38.5 Å². The molecule has 1 N–H and O–H groups in total. The van der Waals surface area contributed by atoms with E-state index >= 15 is 0 Å². The molecule has 0 atom stereocenters. The zero-order chi connectivity index (χ0) is 14.1. The Hall–Kier alpha value is -1.06. The van der Waals surface area contributed by atoms with Crippen LogP contribution in [0, 0.1) is 5.92 Å². The minimum atomic E-state index is 0.693. The van der Waals surface area contributed by atoms with Crippen LogP contribution in [0.2, 0.25) is 0 Å². The van der Waals surface area contributed by atoms with Crippen molar-refractivity contribution < 1.29 is 4.74 Å². The topological polar surface area (TPSA) is 24.5 Å². The first kappa shape index (κ1) is 16.0. The summed E-state index contributed by atoms with van der Waals surface area (Å²) in [7, 11) is 2.10. The van der Waals surface area contributed by atoms with Crippen molar-refractivity contribution in [3.63, 3.8) is 0 Å². The van der Waals surface area contributed by atoms with Crippen molar-refractivity contribution in [1.29, 1.82) is 0 Å². The van der Waals surface area contributed by atoms with Gasteiger partial charge >= 0.3 is 0 Å². The lowest BCUT2D eigenvalue weighted by atomic mass is 10.2. The summed E-state index contributed by atoms with van der Waals surface area (Å²) in [6.07, 6.45) is 0. The van der Waals surface area contributed by atoms with Crippen LogP contribution in [0.15, 0.2) is 24.3 Å². The maximum atomic E-state index is 5.71. The van der Waals surface area contributed by atoms with Gasteiger partial charge in [-0.15, -0.1) is 0 Å². The average molecular weight is 264 g/mol. The molecule has 0 unspecified atom stereocenters. The molecule has 1 rings (SSSR count). The third-order valence-corrected chi connectivity index (χ3v) is 3.09. The van der Waals surface area contributed by atoms with Gasteiger partial charge in [-0.3, -0.25) is 0 Å². The second-order valence-electron chi connectivity index (χ2n) is 5.41. The molecule has 0 spiro atoms. The summed E-state index contributed by atoms with van der Waals surface area (Å²) in [5.41, 5.74) is 1.30. The normalized spacial score (nSPS) is 11.3. The fourth-order valence-corrected chi connectivity index (χ4v) is 1.69. The molecule has 0 aliphatic heterocycles. The van der Waals surface area contributed by atoms with Crippen molar-refractivity contribution in [2.75, 3.05) is 33.3 Å². The first-order valence-corrected chi connectivity index (χ1v) is 7.22. The van der Waals surface area contributed by atoms with E-state index in [1.807, 2.05) is 0 Å². The maximum absolute atomic E-state index is 5.71. The number of hydrogen-bond acceptors (Lipinski definition) is 3. The highest BCUT2D eigenvalue weighted by Crippen LogP contribution is 2.12. The van der Waals surface area contributed by atoms with Crippen LogP contribution in [0.25, 0.3) is 0 Å². The van der Waals surface area contributed by atoms with Crippen LogP contribution in [0.1, 0.15) is 26.3 Å². The van der Waals surface area contributed by atoms with Crippen LogP contribution in [0.4, 0.5) is 0 Å². The molecule has 0 radical (unpaired) electrons. The lowest BCUT2D eigenvalue weighted by molar-refractivity contribution is 0.244. The predicted molar refractivity (Wildman–Crippen MR) is 81.7 cm³/mol. The molecule has 0 heterocycles. The van der Waals surface area contributed by atoms with Crippen LogP contribution in [0.5, 0.6) is 5.75 Å². The molecule has 0 aliphatic rings. The predicted octanol–water partition coefficient (Wildman–Crippen LogP) is 2.76. The van der Waals surface area contributed by atoms with Crippen LogP contribution >= 0.6 is 0 Å². The third-order valence-electron chi connectivity index (χ3n) is 3.09. The van der Waals surface area contributed by atoms with E-state index in [9.17, 15) is 0 Å². The Morgan fingerprint density at radius 1 is 1.21 bits per heavy atom. The van der Waals surface area contributed by atoms with Crippen molar-refractivity contribution in [1.82, 2.24) is 10.2 Å². The van der Waals surface area contributed by atoms with Gasteiger partial charge in [0.1, 0.15) is 12.4 Å². The summed E-state index contributed by atoms with van der Waals surface area (Å²) in [5.74, 6) is 1.65. The van der Waals surface area contributed by atoms with Gasteiger partial charge in [-0.2, -0.15) is 0 Å². The van der Waals surface area contributed by atoms with Gasteiger partial charge in [-0.05, 0) is 43.8 Å². The second kappa shape index (κ2) is 8.94. The highest BCUT2D eigenvalue weighted by molar-refractivity contribution is 5.27. The fraction of sp³-hybridized carbons (Fsp3) is 0.625. The molecule has 0 amide bonds. The van der Waals surface area contributed by atoms with Crippen molar-refractivity contribution in [2.24, 2.45) is 5.92 Å². The van der Waals surface area contributed by atoms with Crippen LogP contribution in [0.3, 0.4) is 0 Å². The van der Waals surface area contributed by atoms with Crippen molar-refractivity contribution in [3.8, 4) is 5.75 Å². The molecule has 1 aromatic rings. The SMILES string of the molecule is CCN(C)CCOc1ccc(CNCC(C)C)cc1. The highest BCUT2D eigenvalue weighted by Gasteiger charge is 1.98. The lowest BCUT2D eigenvalue weighted by Crippen LogP contribution is -2.23. The Bertz CT molecular complexity index is 335. The average Bonchev–Trinajstić information content (AvgIpc) is 2.40. The monoisotopic (exact) mass is 264 g/mol. The molecule has 0 saturated heterocycles. The molecule has 0 saturated carbocycles. The molecule has 19 heavy (non-hydrogen) atoms. The zero-order valence-corrected chi connectivity index (χ0v) is 12.8. The van der Waals surface area contributed by atoms with Gasteiger partial charge in [0.2, 0.25) is 0 Å². The molecule has 0 aromatic heterocycles. The second-order valence-corrected chi connectivity index (χ2v) is 5.41. The molecule has 108 valence electrons. The Balaban J connectivity index is 2.27. The van der Waals surface area contributed by atoms with Gasteiger partial charge in [0.05, 0.1) is 0 Å². The van der Waals surface area contributed by atoms with Gasteiger partial charge in [-0.1, -0.05) is 32.9 Å². The number of likely N-dealkylation sites (N-methyl/N-ethyl adjacent to an activating group) is 1. The van der Waals surface area contributed by atoms with E-state index in [-0.39, 0.29) is 0 Å². The molecular formula is C16H28N2O. The molecule has 3 nitrogen and oxygen atoms in total. The van der Waals surface area contributed by atoms with E-state index in [0.29, 0.717) is 5.92 Å². The Morgan fingerprint density at radius 2 is 1.89 bits per heavy atom. The summed E-state index contributed by atoms with van der Waals surface area (Å²) in [6, 6.07) is 8.37. The summed E-state index contributed by atoms with van der Waals surface area (Å²) in [6.45, 7) is 11.3. The number of nitrogens with one attached hydrogen (secondary N) is 1. The third kappa shape index (κ3) is 7.19. The Morgan fingerprint density at radius 3 is 2.47 bits per heavy atom. The van der Waals surface area contributed by atoms with Crippen LogP contribution in [-0.4, -0.2) is 38.2 Å². The molecule has 1 aromatic carbocycles. The van der Waals surface area contributed by atoms with Gasteiger partial charge in [-0.25, -0.2) is 0 Å². The maximum Gasteiger partial charge on any atom is 0.119 e. The van der Waals surface area contributed by atoms with E-state index in [1.54, 1.807) is 0 Å². The first-order valence-electron chi connectivity index (χ1n) is 7.22. The van der Waals surface area contributed by atoms with Crippen LogP contribution in [-0.2, 0) is 6.54 Å². The molecule has 0 bridgehead atoms. The van der Waals surface area contributed by atoms with Gasteiger partial charge in [0, 0.05) is 13.1 Å². The Kier molecular flexibility index (Phi) is 7.53. The highest BCUT2D eigenvalue weighted by atomic mass is 16.5. The largest absolute Gasteiger partial charge is 0.492 e. The smallest absolute Gasteiger partial charge is 0.119 e. The number of nitrogens with zero attached hydrogens (tertiary/aromatic N) is 1. The van der Waals surface area contributed by atoms with Crippen LogP contribution < -0.4 is 10.1 Å². The summed E-state index contributed by atoms with van der Waals surface area (Å²) in [4.78, 5) is 2.24. The standard InChI is InChI=1S/C16H28N2O/c1-5-18(4)10-11-19-16-8-6-15(7-9-16)13-17-12-14(2)3/h6-9,14,17H,5,10-13H2,1-4H3. The first-order chi connectivity index (χ1) is 9.11. The van der Waals surface area contributed by atoms with Gasteiger partial charge in [0.25, 0.3) is 0 Å². The van der Waals surface area contributed by atoms with Crippen molar-refractivity contribution in [3.05, 3.63) is 29.8 Å². The summed E-state index contributed by atoms with van der Waals surface area (Å²) < 4.78 is 5.71. The van der Waals surface area contributed by atoms with Crippen molar-refractivity contribution in [2.45, 2.75) is 27.3 Å². The quantitative estimate of drug-likeness (QED) is 0.742. The number of hydrogen-bond donors (Lipinski definition) is 1. The van der Waals surface area contributed by atoms with Gasteiger partial charge in [0.15, 0.2) is 0 Å². The lowest BCUT2D eigenvalue weighted by Gasteiger charge is -2.14. The number of rotatable bonds is 9. The van der Waals surface area contributed by atoms with E-state index < -0.39 is 0 Å². The fourth-order valence-electron chi connectivity index (χ4n) is 1.69. The summed E-state index contributed by atoms with van der Waals surface area (Å²) >= 11 is 0. The molecule has 3 heteroatoms. The molecule has 0 aliphatic carbocycles. The minimum Gasteiger partial charge on any atom is -0.492 e. The molecular weight excluding hydrogens is 236 g/mol.